The van der Waals surface area contributed by atoms with Gasteiger partial charge in [0, 0.05) is 6.04 Å². The van der Waals surface area contributed by atoms with Crippen LogP contribution in [0.5, 0.6) is 0 Å². The van der Waals surface area contributed by atoms with E-state index in [1.54, 1.807) is 0 Å². The Morgan fingerprint density at radius 1 is 0.842 bits per heavy atom. The third kappa shape index (κ3) is 10.4. The minimum absolute atomic E-state index is 0.546. The van der Waals surface area contributed by atoms with Crippen molar-refractivity contribution in [1.29, 1.82) is 0 Å². The van der Waals surface area contributed by atoms with Gasteiger partial charge in [-0.15, -0.1) is 0 Å². The summed E-state index contributed by atoms with van der Waals surface area (Å²) in [5, 5.41) is 3.64. The molecule has 1 saturated carbocycles. The van der Waals surface area contributed by atoms with Crippen molar-refractivity contribution in [2.45, 2.75) is 104 Å². The van der Waals surface area contributed by atoms with Crippen LogP contribution in [-0.2, 0) is 0 Å². The molecule has 0 aromatic carbocycles. The van der Waals surface area contributed by atoms with Crippen molar-refractivity contribution in [3.05, 3.63) is 0 Å². The lowest BCUT2D eigenvalue weighted by Crippen LogP contribution is -2.23. The molecule has 1 aliphatic rings. The van der Waals surface area contributed by atoms with Crippen molar-refractivity contribution in [2.24, 2.45) is 5.41 Å². The van der Waals surface area contributed by atoms with Gasteiger partial charge in [-0.1, -0.05) is 72.1 Å². The first kappa shape index (κ1) is 17.0. The third-order valence-electron chi connectivity index (χ3n) is 4.52. The Kier molecular flexibility index (Phi) is 8.77. The molecule has 0 bridgehead atoms. The fraction of sp³-hybridized carbons (Fsp3) is 1.00. The molecule has 1 N–H and O–H groups in total. The van der Waals surface area contributed by atoms with E-state index in [1.807, 2.05) is 0 Å². The van der Waals surface area contributed by atoms with Gasteiger partial charge in [0.2, 0.25) is 0 Å². The van der Waals surface area contributed by atoms with E-state index in [0.29, 0.717) is 5.41 Å². The Morgan fingerprint density at radius 3 is 2.00 bits per heavy atom. The largest absolute Gasteiger partial charge is 0.314 e. The van der Waals surface area contributed by atoms with Crippen molar-refractivity contribution in [1.82, 2.24) is 5.32 Å². The SMILES string of the molecule is CCCCCCCCCCC(C)(C)CCNC1CC1. The highest BCUT2D eigenvalue weighted by molar-refractivity contribution is 4.81. The molecular formula is C18H37N. The minimum Gasteiger partial charge on any atom is -0.314 e. The summed E-state index contributed by atoms with van der Waals surface area (Å²) >= 11 is 0. The number of hydrogen-bond donors (Lipinski definition) is 1. The van der Waals surface area contributed by atoms with Crippen LogP contribution in [0.25, 0.3) is 0 Å². The molecule has 0 aromatic heterocycles. The molecule has 1 fully saturated rings. The lowest BCUT2D eigenvalue weighted by atomic mass is 9.83. The molecule has 1 nitrogen and oxygen atoms in total. The van der Waals surface area contributed by atoms with E-state index in [-0.39, 0.29) is 0 Å². The maximum Gasteiger partial charge on any atom is 0.00682 e. The highest BCUT2D eigenvalue weighted by Gasteiger charge is 2.22. The van der Waals surface area contributed by atoms with E-state index < -0.39 is 0 Å². The summed E-state index contributed by atoms with van der Waals surface area (Å²) in [5.41, 5.74) is 0.546. The van der Waals surface area contributed by atoms with Crippen LogP contribution in [-0.4, -0.2) is 12.6 Å². The monoisotopic (exact) mass is 267 g/mol. The van der Waals surface area contributed by atoms with E-state index in [4.69, 9.17) is 0 Å². The zero-order valence-corrected chi connectivity index (χ0v) is 13.8. The minimum atomic E-state index is 0.546. The summed E-state index contributed by atoms with van der Waals surface area (Å²) in [7, 11) is 0. The quantitative estimate of drug-likeness (QED) is 0.423. The molecule has 1 aliphatic carbocycles. The highest BCUT2D eigenvalue weighted by Crippen LogP contribution is 2.28. The van der Waals surface area contributed by atoms with Crippen LogP contribution >= 0.6 is 0 Å². The average molecular weight is 268 g/mol. The molecule has 0 spiro atoms. The van der Waals surface area contributed by atoms with Gasteiger partial charge in [0.1, 0.15) is 0 Å². The summed E-state index contributed by atoms with van der Waals surface area (Å²) in [6.07, 6.45) is 17.1. The average Bonchev–Trinajstić information content (AvgIpc) is 3.16. The van der Waals surface area contributed by atoms with Gasteiger partial charge in [-0.05, 0) is 37.6 Å². The van der Waals surface area contributed by atoms with Crippen molar-refractivity contribution < 1.29 is 0 Å². The van der Waals surface area contributed by atoms with Crippen molar-refractivity contribution in [2.75, 3.05) is 6.54 Å². The van der Waals surface area contributed by atoms with Gasteiger partial charge < -0.3 is 5.32 Å². The zero-order chi connectivity index (χ0) is 14.0. The third-order valence-corrected chi connectivity index (χ3v) is 4.52. The zero-order valence-electron chi connectivity index (χ0n) is 13.8. The summed E-state index contributed by atoms with van der Waals surface area (Å²) in [6, 6.07) is 0.874. The van der Waals surface area contributed by atoms with Crippen LogP contribution < -0.4 is 5.32 Å². The van der Waals surface area contributed by atoms with Crippen LogP contribution in [0.3, 0.4) is 0 Å². The lowest BCUT2D eigenvalue weighted by molar-refractivity contribution is 0.289. The second-order valence-corrected chi connectivity index (χ2v) is 7.37. The number of nitrogens with one attached hydrogen (secondary N) is 1. The Morgan fingerprint density at radius 2 is 1.42 bits per heavy atom. The first-order valence-corrected chi connectivity index (χ1v) is 8.87. The molecule has 0 atom stereocenters. The summed E-state index contributed by atoms with van der Waals surface area (Å²) < 4.78 is 0. The van der Waals surface area contributed by atoms with Crippen molar-refractivity contribution in [3.63, 3.8) is 0 Å². The predicted molar refractivity (Wildman–Crippen MR) is 86.6 cm³/mol. The molecule has 19 heavy (non-hydrogen) atoms. The van der Waals surface area contributed by atoms with Gasteiger partial charge in [-0.2, -0.15) is 0 Å². The maximum atomic E-state index is 3.64. The summed E-state index contributed by atoms with van der Waals surface area (Å²) in [6.45, 7) is 8.42. The van der Waals surface area contributed by atoms with Gasteiger partial charge in [-0.3, -0.25) is 0 Å². The topological polar surface area (TPSA) is 12.0 Å². The second kappa shape index (κ2) is 9.80. The fourth-order valence-corrected chi connectivity index (χ4v) is 2.76. The number of unbranched alkanes of at least 4 members (excludes halogenated alkanes) is 7. The van der Waals surface area contributed by atoms with E-state index in [0.717, 1.165) is 6.04 Å². The first-order valence-electron chi connectivity index (χ1n) is 8.87. The molecule has 1 heteroatoms. The van der Waals surface area contributed by atoms with E-state index >= 15 is 0 Å². The normalized spacial score (nSPS) is 15.9. The van der Waals surface area contributed by atoms with Gasteiger partial charge in [0.25, 0.3) is 0 Å². The second-order valence-electron chi connectivity index (χ2n) is 7.37. The number of rotatable bonds is 13. The number of hydrogen-bond acceptors (Lipinski definition) is 1. The lowest BCUT2D eigenvalue weighted by Gasteiger charge is -2.24. The van der Waals surface area contributed by atoms with Crippen LogP contribution in [0.2, 0.25) is 0 Å². The smallest absolute Gasteiger partial charge is 0.00682 e. The van der Waals surface area contributed by atoms with Crippen LogP contribution in [0.4, 0.5) is 0 Å². The van der Waals surface area contributed by atoms with Gasteiger partial charge in [0.05, 0.1) is 0 Å². The molecule has 0 unspecified atom stereocenters. The first-order chi connectivity index (χ1) is 9.14. The van der Waals surface area contributed by atoms with E-state index in [2.05, 4.69) is 26.1 Å². The Balaban J connectivity index is 1.85. The molecular weight excluding hydrogens is 230 g/mol. The van der Waals surface area contributed by atoms with Crippen molar-refractivity contribution in [3.8, 4) is 0 Å². The Hall–Kier alpha value is -0.0400. The van der Waals surface area contributed by atoms with Gasteiger partial charge >= 0.3 is 0 Å². The molecule has 0 saturated heterocycles. The Labute approximate surface area is 121 Å². The fourth-order valence-electron chi connectivity index (χ4n) is 2.76. The molecule has 0 aromatic rings. The Bertz CT molecular complexity index is 206. The van der Waals surface area contributed by atoms with Crippen LogP contribution in [0.15, 0.2) is 0 Å². The molecule has 0 heterocycles. The van der Waals surface area contributed by atoms with Crippen LogP contribution in [0.1, 0.15) is 97.8 Å². The van der Waals surface area contributed by atoms with E-state index in [9.17, 15) is 0 Å². The van der Waals surface area contributed by atoms with Crippen molar-refractivity contribution >= 4 is 0 Å². The molecule has 0 amide bonds. The maximum absolute atomic E-state index is 3.64. The van der Waals surface area contributed by atoms with Crippen LogP contribution in [0, 0.1) is 5.41 Å². The van der Waals surface area contributed by atoms with Gasteiger partial charge in [-0.25, -0.2) is 0 Å². The molecule has 0 aliphatic heterocycles. The molecule has 1 rings (SSSR count). The van der Waals surface area contributed by atoms with Gasteiger partial charge in [0.15, 0.2) is 0 Å². The van der Waals surface area contributed by atoms with E-state index in [1.165, 1.54) is 83.6 Å². The summed E-state index contributed by atoms with van der Waals surface area (Å²) in [5.74, 6) is 0. The highest BCUT2D eigenvalue weighted by atomic mass is 14.9. The molecule has 0 radical (unpaired) electrons. The predicted octanol–water partition coefficient (Wildman–Crippen LogP) is 5.69. The summed E-state index contributed by atoms with van der Waals surface area (Å²) in [4.78, 5) is 0. The standard InChI is InChI=1S/C18H37N/c1-4-5-6-7-8-9-10-11-14-18(2,3)15-16-19-17-12-13-17/h17,19H,4-16H2,1-3H3. The molecule has 114 valence electrons.